The molecular weight excluding hydrogens is 300 g/mol. The molecule has 23 heavy (non-hydrogen) atoms. The van der Waals surface area contributed by atoms with E-state index in [1.807, 2.05) is 20.8 Å². The van der Waals surface area contributed by atoms with Gasteiger partial charge in [0.2, 0.25) is 5.76 Å². The van der Waals surface area contributed by atoms with Crippen molar-refractivity contribution in [2.45, 2.75) is 45.8 Å². The fraction of sp³-hybridized carbons (Fsp3) is 0.600. The zero-order valence-electron chi connectivity index (χ0n) is 13.6. The molecule has 1 aliphatic rings. The fourth-order valence-electron chi connectivity index (χ4n) is 2.52. The zero-order chi connectivity index (χ0) is 16.6. The molecule has 0 unspecified atom stereocenters. The van der Waals surface area contributed by atoms with E-state index in [4.69, 9.17) is 13.8 Å². The van der Waals surface area contributed by atoms with Gasteiger partial charge in [0.25, 0.3) is 11.8 Å². The van der Waals surface area contributed by atoms with Crippen LogP contribution in [0.2, 0.25) is 0 Å². The first-order valence-corrected chi connectivity index (χ1v) is 7.65. The lowest BCUT2D eigenvalue weighted by Gasteiger charge is -2.34. The van der Waals surface area contributed by atoms with Gasteiger partial charge >= 0.3 is 0 Å². The normalized spacial score (nSPS) is 21.9. The summed E-state index contributed by atoms with van der Waals surface area (Å²) in [6.45, 7) is 8.44. The summed E-state index contributed by atoms with van der Waals surface area (Å²) in [5, 5.41) is 7.71. The quantitative estimate of drug-likeness (QED) is 0.854. The van der Waals surface area contributed by atoms with E-state index >= 15 is 0 Å². The summed E-state index contributed by atoms with van der Waals surface area (Å²) in [7, 11) is 0. The van der Waals surface area contributed by atoms with Crippen LogP contribution in [0.4, 0.5) is 0 Å². The van der Waals surface area contributed by atoms with Gasteiger partial charge in [-0.1, -0.05) is 24.2 Å². The average molecular weight is 320 g/mol. The Kier molecular flexibility index (Phi) is 4.16. The van der Waals surface area contributed by atoms with E-state index in [1.54, 1.807) is 17.9 Å². The Morgan fingerprint density at radius 2 is 2.09 bits per heavy atom. The number of aryl methyl sites for hydroxylation is 1. The minimum Gasteiger partial charge on any atom is -0.362 e. The molecule has 0 aromatic carbocycles. The molecule has 0 N–H and O–H groups in total. The molecule has 0 bridgehead atoms. The molecule has 0 radical (unpaired) electrons. The first-order valence-electron chi connectivity index (χ1n) is 7.65. The van der Waals surface area contributed by atoms with Gasteiger partial charge in [-0.2, -0.15) is 4.98 Å². The molecule has 8 heteroatoms. The monoisotopic (exact) mass is 320 g/mol. The van der Waals surface area contributed by atoms with Crippen molar-refractivity contribution in [2.75, 3.05) is 13.1 Å². The molecule has 1 amide bonds. The molecule has 1 aliphatic heterocycles. The van der Waals surface area contributed by atoms with Crippen molar-refractivity contribution < 1.29 is 18.6 Å². The van der Waals surface area contributed by atoms with Crippen LogP contribution in [0.5, 0.6) is 0 Å². The summed E-state index contributed by atoms with van der Waals surface area (Å²) in [4.78, 5) is 18.5. The Bertz CT molecular complexity index is 693. The van der Waals surface area contributed by atoms with Gasteiger partial charge in [-0.15, -0.1) is 0 Å². The van der Waals surface area contributed by atoms with Crippen molar-refractivity contribution in [1.29, 1.82) is 0 Å². The second-order valence-electron chi connectivity index (χ2n) is 6.10. The summed E-state index contributed by atoms with van der Waals surface area (Å²) < 4.78 is 16.2. The fourth-order valence-corrected chi connectivity index (χ4v) is 2.52. The van der Waals surface area contributed by atoms with E-state index in [9.17, 15) is 4.79 Å². The van der Waals surface area contributed by atoms with E-state index < -0.39 is 6.10 Å². The zero-order valence-corrected chi connectivity index (χ0v) is 13.6. The SMILES string of the molecule is Cc1noc([C@H]2CN(C(=O)c3cc(C(C)C)no3)C[C@@H](C)O2)n1. The van der Waals surface area contributed by atoms with Gasteiger partial charge in [0, 0.05) is 12.6 Å². The first kappa shape index (κ1) is 15.7. The Labute approximate surface area is 133 Å². The van der Waals surface area contributed by atoms with Gasteiger partial charge in [-0.3, -0.25) is 4.79 Å². The van der Waals surface area contributed by atoms with Gasteiger partial charge in [0.15, 0.2) is 11.9 Å². The Hall–Kier alpha value is -2.22. The van der Waals surface area contributed by atoms with E-state index in [1.165, 1.54) is 0 Å². The first-order chi connectivity index (χ1) is 10.9. The van der Waals surface area contributed by atoms with Crippen LogP contribution < -0.4 is 0 Å². The second kappa shape index (κ2) is 6.11. The van der Waals surface area contributed by atoms with Crippen LogP contribution in [0.25, 0.3) is 0 Å². The lowest BCUT2D eigenvalue weighted by Crippen LogP contribution is -2.46. The number of amides is 1. The summed E-state index contributed by atoms with van der Waals surface area (Å²) in [6.07, 6.45) is -0.575. The van der Waals surface area contributed by atoms with Crippen LogP contribution in [0.3, 0.4) is 0 Å². The van der Waals surface area contributed by atoms with Crippen molar-refractivity contribution in [3.05, 3.63) is 29.2 Å². The third-order valence-electron chi connectivity index (χ3n) is 3.70. The van der Waals surface area contributed by atoms with Crippen LogP contribution in [-0.2, 0) is 4.74 Å². The number of carbonyl (C=O) groups excluding carboxylic acids is 1. The topological polar surface area (TPSA) is 94.5 Å². The van der Waals surface area contributed by atoms with Gasteiger partial charge in [0.1, 0.15) is 0 Å². The number of rotatable bonds is 3. The van der Waals surface area contributed by atoms with Crippen LogP contribution in [-0.4, -0.2) is 45.3 Å². The van der Waals surface area contributed by atoms with E-state index in [0.29, 0.717) is 24.8 Å². The second-order valence-corrected chi connectivity index (χ2v) is 6.10. The van der Waals surface area contributed by atoms with Crippen molar-refractivity contribution >= 4 is 5.91 Å². The number of hydrogen-bond acceptors (Lipinski definition) is 7. The summed E-state index contributed by atoms with van der Waals surface area (Å²) in [5.74, 6) is 1.16. The number of aromatic nitrogens is 3. The van der Waals surface area contributed by atoms with Crippen LogP contribution in [0.1, 0.15) is 60.8 Å². The molecule has 2 aromatic rings. The van der Waals surface area contributed by atoms with Gasteiger partial charge < -0.3 is 18.7 Å². The highest BCUT2D eigenvalue weighted by Crippen LogP contribution is 2.25. The van der Waals surface area contributed by atoms with Crippen molar-refractivity contribution in [2.24, 2.45) is 0 Å². The van der Waals surface area contributed by atoms with Gasteiger partial charge in [-0.05, 0) is 19.8 Å². The van der Waals surface area contributed by atoms with E-state index in [2.05, 4.69) is 15.3 Å². The van der Waals surface area contributed by atoms with E-state index in [-0.39, 0.29) is 23.7 Å². The number of ether oxygens (including phenoxy) is 1. The highest BCUT2D eigenvalue weighted by atomic mass is 16.5. The highest BCUT2D eigenvalue weighted by Gasteiger charge is 2.34. The molecule has 2 atom stereocenters. The standard InChI is InChI=1S/C15H20N4O4/c1-8(2)11-5-12(22-18-11)15(20)19-6-9(3)21-13(7-19)14-16-10(4)17-23-14/h5,8-9,13H,6-7H2,1-4H3/t9-,13-/m1/s1. The molecule has 1 fully saturated rings. The molecule has 1 saturated heterocycles. The number of hydrogen-bond donors (Lipinski definition) is 0. The third kappa shape index (κ3) is 3.26. The van der Waals surface area contributed by atoms with Crippen LogP contribution >= 0.6 is 0 Å². The Morgan fingerprint density at radius 1 is 1.30 bits per heavy atom. The maximum absolute atomic E-state index is 12.6. The predicted molar refractivity (Wildman–Crippen MR) is 78.8 cm³/mol. The lowest BCUT2D eigenvalue weighted by molar-refractivity contribution is -0.0816. The van der Waals surface area contributed by atoms with Crippen LogP contribution in [0.15, 0.2) is 15.1 Å². The van der Waals surface area contributed by atoms with Gasteiger partial charge in [-0.25, -0.2) is 0 Å². The summed E-state index contributed by atoms with van der Waals surface area (Å²) in [6, 6.07) is 1.69. The molecule has 3 heterocycles. The van der Waals surface area contributed by atoms with Crippen molar-refractivity contribution in [3.8, 4) is 0 Å². The molecule has 0 aliphatic carbocycles. The molecule has 8 nitrogen and oxygen atoms in total. The minimum atomic E-state index is -0.434. The molecule has 124 valence electrons. The summed E-state index contributed by atoms with van der Waals surface area (Å²) in [5.41, 5.74) is 0.763. The molecule has 3 rings (SSSR count). The average Bonchev–Trinajstić information content (AvgIpc) is 3.14. The Morgan fingerprint density at radius 3 is 2.70 bits per heavy atom. The molecule has 0 saturated carbocycles. The Balaban J connectivity index is 1.76. The smallest absolute Gasteiger partial charge is 0.292 e. The molecule has 2 aromatic heterocycles. The maximum Gasteiger partial charge on any atom is 0.292 e. The van der Waals surface area contributed by atoms with Crippen molar-refractivity contribution in [1.82, 2.24) is 20.2 Å². The van der Waals surface area contributed by atoms with E-state index in [0.717, 1.165) is 5.69 Å². The molecular formula is C15H20N4O4. The largest absolute Gasteiger partial charge is 0.362 e. The third-order valence-corrected chi connectivity index (χ3v) is 3.70. The van der Waals surface area contributed by atoms with Crippen molar-refractivity contribution in [3.63, 3.8) is 0 Å². The minimum absolute atomic E-state index is 0.141. The number of carbonyl (C=O) groups is 1. The predicted octanol–water partition coefficient (Wildman–Crippen LogP) is 2.09. The summed E-state index contributed by atoms with van der Waals surface area (Å²) >= 11 is 0. The van der Waals surface area contributed by atoms with Gasteiger partial charge in [0.05, 0.1) is 18.3 Å². The number of morpholine rings is 1. The van der Waals surface area contributed by atoms with Crippen LogP contribution in [0, 0.1) is 6.92 Å². The maximum atomic E-state index is 12.6. The lowest BCUT2D eigenvalue weighted by atomic mass is 10.1. The number of nitrogens with zero attached hydrogens (tertiary/aromatic N) is 4. The molecule has 0 spiro atoms. The highest BCUT2D eigenvalue weighted by molar-refractivity contribution is 5.91.